The van der Waals surface area contributed by atoms with E-state index in [9.17, 15) is 9.59 Å². The maximum absolute atomic E-state index is 16.2. The molecule has 0 amide bonds. The van der Waals surface area contributed by atoms with Gasteiger partial charge in [0, 0.05) is 42.5 Å². The van der Waals surface area contributed by atoms with Gasteiger partial charge in [0.15, 0.2) is 5.75 Å². The molecule has 2 aliphatic rings. The molecule has 3 heterocycles. The molecule has 1 aliphatic heterocycles. The highest BCUT2D eigenvalue weighted by Gasteiger charge is 2.39. The van der Waals surface area contributed by atoms with Crippen LogP contribution in [0.5, 0.6) is 5.75 Å². The number of alkyl halides is 1. The van der Waals surface area contributed by atoms with Crippen molar-refractivity contribution in [3.05, 3.63) is 93.2 Å². The molecule has 40 heavy (non-hydrogen) atoms. The van der Waals surface area contributed by atoms with E-state index in [4.69, 9.17) is 9.47 Å². The van der Waals surface area contributed by atoms with Crippen LogP contribution in [0.15, 0.2) is 66.0 Å². The highest BCUT2D eigenvalue weighted by atomic mass is 19.1. The van der Waals surface area contributed by atoms with E-state index in [0.717, 1.165) is 16.5 Å². The van der Waals surface area contributed by atoms with Gasteiger partial charge >= 0.3 is 5.97 Å². The van der Waals surface area contributed by atoms with E-state index in [1.165, 1.54) is 12.3 Å². The van der Waals surface area contributed by atoms with Gasteiger partial charge in [-0.2, -0.15) is 0 Å². The van der Waals surface area contributed by atoms with Gasteiger partial charge in [-0.1, -0.05) is 38.1 Å². The van der Waals surface area contributed by atoms with Crippen LogP contribution in [0.25, 0.3) is 28.3 Å². The Balaban J connectivity index is 1.57. The van der Waals surface area contributed by atoms with Crippen molar-refractivity contribution in [1.82, 2.24) is 19.4 Å². The molecule has 204 valence electrons. The number of nitrogens with zero attached hydrogens (tertiary/aromatic N) is 4. The van der Waals surface area contributed by atoms with Crippen molar-refractivity contribution in [2.45, 2.75) is 38.9 Å². The van der Waals surface area contributed by atoms with Crippen molar-refractivity contribution >= 4 is 28.6 Å². The molecule has 0 radical (unpaired) electrons. The van der Waals surface area contributed by atoms with Gasteiger partial charge in [0.1, 0.15) is 23.5 Å². The first-order valence-electron chi connectivity index (χ1n) is 13.4. The van der Waals surface area contributed by atoms with Crippen molar-refractivity contribution in [2.75, 3.05) is 19.7 Å². The van der Waals surface area contributed by atoms with Crippen LogP contribution in [0.2, 0.25) is 0 Å². The number of pyridine rings is 1. The number of ether oxygens (including phenoxy) is 2. The Labute approximate surface area is 230 Å². The summed E-state index contributed by atoms with van der Waals surface area (Å²) in [7, 11) is 0. The molecular formula is C31H29FN4O4. The second kappa shape index (κ2) is 10.3. The lowest BCUT2D eigenvalue weighted by molar-refractivity contribution is 0.0523. The van der Waals surface area contributed by atoms with Crippen LogP contribution in [0, 0.1) is 0 Å². The van der Waals surface area contributed by atoms with Gasteiger partial charge in [-0.25, -0.2) is 9.18 Å². The number of benzene rings is 2. The average molecular weight is 541 g/mol. The first kappa shape index (κ1) is 25.9. The number of rotatable bonds is 7. The number of carbonyl (C=O) groups excluding carboxylic acids is 1. The van der Waals surface area contributed by atoms with E-state index < -0.39 is 23.6 Å². The molecule has 3 unspecified atom stereocenters. The zero-order valence-electron chi connectivity index (χ0n) is 22.5. The number of esters is 1. The Morgan fingerprint density at radius 3 is 2.67 bits per heavy atom. The van der Waals surface area contributed by atoms with Crippen LogP contribution < -0.4 is 20.7 Å². The Morgan fingerprint density at radius 2 is 1.98 bits per heavy atom. The van der Waals surface area contributed by atoms with Gasteiger partial charge in [0.25, 0.3) is 0 Å². The maximum atomic E-state index is 16.2. The Kier molecular flexibility index (Phi) is 6.67. The molecule has 0 N–H and O–H groups in total. The number of halogens is 1. The third kappa shape index (κ3) is 4.26. The van der Waals surface area contributed by atoms with Gasteiger partial charge in [-0.05, 0) is 42.4 Å². The molecule has 3 atom stereocenters. The van der Waals surface area contributed by atoms with Crippen molar-refractivity contribution in [2.24, 2.45) is 0 Å². The van der Waals surface area contributed by atoms with Crippen LogP contribution in [0.3, 0.4) is 0 Å². The standard InChI is InChI=1S/C31H29FN4O4/c1-4-35(16-18(3)24-15-33-10-11-34-24)28-23(32)14-21-27-30(28)40-26-13-20-9-7-6-8-19(20)12-25(26)36(27)17-22(29(21)37)31(38)39-5-2/h6-15,17-18,23,28H,4-5,16H2,1-3H3. The molecule has 2 aromatic carbocycles. The summed E-state index contributed by atoms with van der Waals surface area (Å²) in [6.07, 6.45) is 6.23. The first-order valence-corrected chi connectivity index (χ1v) is 13.4. The van der Waals surface area contributed by atoms with Crippen LogP contribution in [-0.2, 0) is 4.74 Å². The van der Waals surface area contributed by atoms with E-state index in [0.29, 0.717) is 35.6 Å². The fourth-order valence-corrected chi connectivity index (χ4v) is 5.64. The highest BCUT2D eigenvalue weighted by Crippen LogP contribution is 2.35. The number of hydrogen-bond donors (Lipinski definition) is 0. The highest BCUT2D eigenvalue weighted by molar-refractivity contribution is 5.90. The minimum atomic E-state index is -1.56. The third-order valence-corrected chi connectivity index (χ3v) is 7.57. The topological polar surface area (TPSA) is 86.6 Å². The fraction of sp³-hybridized carbons (Fsp3) is 0.290. The smallest absolute Gasteiger partial charge is 0.343 e. The summed E-state index contributed by atoms with van der Waals surface area (Å²) >= 11 is 0. The summed E-state index contributed by atoms with van der Waals surface area (Å²) in [5, 5.41) is 2.47. The maximum Gasteiger partial charge on any atom is 0.343 e. The van der Waals surface area contributed by atoms with Gasteiger partial charge in [-0.3, -0.25) is 19.7 Å². The molecule has 1 aliphatic carbocycles. The van der Waals surface area contributed by atoms with Crippen molar-refractivity contribution in [3.63, 3.8) is 0 Å². The normalized spacial score (nSPS) is 18.0. The Hall–Kier alpha value is -4.37. The largest absolute Gasteiger partial charge is 0.462 e. The monoisotopic (exact) mass is 540 g/mol. The van der Waals surface area contributed by atoms with Gasteiger partial charge in [0.05, 0.1) is 23.3 Å². The van der Waals surface area contributed by atoms with E-state index in [-0.39, 0.29) is 23.3 Å². The number of fused-ring (bicyclic) bond motifs is 3. The van der Waals surface area contributed by atoms with E-state index >= 15 is 4.39 Å². The SMILES string of the molecule is CCOC(=O)c1cn2c3c(c1=O)=CC(F)C(N(CC)CC(C)c1cnccn1)C=3Oc1cc3ccccc3cc1-2. The molecular weight excluding hydrogens is 511 g/mol. The lowest BCUT2D eigenvalue weighted by Gasteiger charge is -2.38. The zero-order chi connectivity index (χ0) is 28.0. The number of hydrogen-bond acceptors (Lipinski definition) is 7. The Morgan fingerprint density at radius 1 is 1.20 bits per heavy atom. The van der Waals surface area contributed by atoms with Gasteiger partial charge in [-0.15, -0.1) is 0 Å². The summed E-state index contributed by atoms with van der Waals surface area (Å²) in [4.78, 5) is 36.9. The molecule has 0 saturated heterocycles. The molecule has 8 nitrogen and oxygen atoms in total. The molecule has 0 bridgehead atoms. The van der Waals surface area contributed by atoms with Gasteiger partial charge < -0.3 is 14.0 Å². The number of likely N-dealkylation sites (N-methyl/N-ethyl adjacent to an activating group) is 1. The van der Waals surface area contributed by atoms with Crippen LogP contribution in [0.4, 0.5) is 4.39 Å². The van der Waals surface area contributed by atoms with Crippen molar-refractivity contribution in [3.8, 4) is 11.4 Å². The molecule has 6 rings (SSSR count). The average Bonchev–Trinajstić information content (AvgIpc) is 2.97. The van der Waals surface area contributed by atoms with Crippen LogP contribution in [-0.4, -0.2) is 57.3 Å². The first-order chi connectivity index (χ1) is 19.4. The number of aromatic nitrogens is 3. The van der Waals surface area contributed by atoms with Crippen LogP contribution in [0.1, 0.15) is 42.7 Å². The number of carbonyl (C=O) groups is 1. The summed E-state index contributed by atoms with van der Waals surface area (Å²) in [6.45, 7) is 6.80. The Bertz CT molecular complexity index is 1800. The lowest BCUT2D eigenvalue weighted by Crippen LogP contribution is -2.59. The molecule has 9 heteroatoms. The minimum absolute atomic E-state index is 0.0314. The van der Waals surface area contributed by atoms with Crippen molar-refractivity contribution in [1.29, 1.82) is 0 Å². The van der Waals surface area contributed by atoms with Crippen molar-refractivity contribution < 1.29 is 18.7 Å². The summed E-state index contributed by atoms with van der Waals surface area (Å²) in [6, 6.07) is 10.9. The molecule has 0 spiro atoms. The molecule has 0 fully saturated rings. The van der Waals surface area contributed by atoms with E-state index in [2.05, 4.69) is 9.97 Å². The van der Waals surface area contributed by atoms with E-state index in [1.54, 1.807) is 30.1 Å². The zero-order valence-corrected chi connectivity index (χ0v) is 22.5. The quantitative estimate of drug-likeness (QED) is 0.333. The predicted molar refractivity (Wildman–Crippen MR) is 150 cm³/mol. The predicted octanol–water partition coefficient (Wildman–Crippen LogP) is 3.08. The third-order valence-electron chi connectivity index (χ3n) is 7.57. The summed E-state index contributed by atoms with van der Waals surface area (Å²) < 4.78 is 29.7. The summed E-state index contributed by atoms with van der Waals surface area (Å²) in [5.74, 6) is 0.0839. The van der Waals surface area contributed by atoms with Crippen LogP contribution >= 0.6 is 0 Å². The van der Waals surface area contributed by atoms with E-state index in [1.807, 2.05) is 55.1 Å². The molecule has 4 aromatic rings. The molecule has 2 aromatic heterocycles. The molecule has 0 saturated carbocycles. The second-order valence-corrected chi connectivity index (χ2v) is 10.0. The fourth-order valence-electron chi connectivity index (χ4n) is 5.64. The van der Waals surface area contributed by atoms with Gasteiger partial charge in [0.2, 0.25) is 5.43 Å². The second-order valence-electron chi connectivity index (χ2n) is 10.0. The minimum Gasteiger partial charge on any atom is -0.462 e. The summed E-state index contributed by atoms with van der Waals surface area (Å²) in [5.41, 5.74) is 0.738. The lowest BCUT2D eigenvalue weighted by atomic mass is 9.96.